The van der Waals surface area contributed by atoms with Gasteiger partial charge >= 0.3 is 0 Å². The first-order valence-corrected chi connectivity index (χ1v) is 11.1. The Hall–Kier alpha value is -3.38. The minimum Gasteiger partial charge on any atom is -0.362 e. The van der Waals surface area contributed by atoms with Gasteiger partial charge in [-0.2, -0.15) is 0 Å². The number of nitrogens with zero attached hydrogens (tertiary/aromatic N) is 4. The maximum Gasteiger partial charge on any atom is 0.256 e. The quantitative estimate of drug-likeness (QED) is 0.598. The molecule has 2 aliphatic heterocycles. The average Bonchev–Trinajstić information content (AvgIpc) is 3.34. The summed E-state index contributed by atoms with van der Waals surface area (Å²) in [6.45, 7) is 3.85. The molecule has 162 valence electrons. The highest BCUT2D eigenvalue weighted by Gasteiger charge is 2.59. The van der Waals surface area contributed by atoms with Crippen molar-refractivity contribution >= 4 is 29.1 Å². The first kappa shape index (κ1) is 20.5. The molecule has 0 spiro atoms. The second kappa shape index (κ2) is 7.95. The average molecular weight is 447 g/mol. The number of halogens is 1. The van der Waals surface area contributed by atoms with E-state index in [1.165, 1.54) is 0 Å². The van der Waals surface area contributed by atoms with Crippen LogP contribution in [0.3, 0.4) is 0 Å². The van der Waals surface area contributed by atoms with Crippen molar-refractivity contribution in [2.24, 2.45) is 0 Å². The molecule has 0 radical (unpaired) electrons. The minimum atomic E-state index is -0.965. The van der Waals surface area contributed by atoms with Crippen LogP contribution in [-0.4, -0.2) is 52.8 Å². The zero-order valence-electron chi connectivity index (χ0n) is 17.7. The second-order valence-electron chi connectivity index (χ2n) is 7.95. The molecule has 5 rings (SSSR count). The Labute approximate surface area is 192 Å². The lowest BCUT2D eigenvalue weighted by Crippen LogP contribution is -2.53. The number of hydrogen-bond acceptors (Lipinski definition) is 4. The van der Waals surface area contributed by atoms with Crippen LogP contribution >= 0.6 is 11.6 Å². The molecule has 1 unspecified atom stereocenters. The van der Waals surface area contributed by atoms with Gasteiger partial charge in [0.05, 0.1) is 6.54 Å². The Morgan fingerprint density at radius 2 is 1.78 bits per heavy atom. The van der Waals surface area contributed by atoms with Gasteiger partial charge in [-0.3, -0.25) is 14.6 Å². The van der Waals surface area contributed by atoms with Crippen LogP contribution < -0.4 is 4.90 Å². The number of fused-ring (bicyclic) bond motifs is 3. The van der Waals surface area contributed by atoms with Gasteiger partial charge < -0.3 is 14.7 Å². The largest absolute Gasteiger partial charge is 0.362 e. The molecule has 1 saturated heterocycles. The van der Waals surface area contributed by atoms with Crippen molar-refractivity contribution in [2.75, 3.05) is 31.1 Å². The van der Waals surface area contributed by atoms with E-state index in [-0.39, 0.29) is 18.4 Å². The predicted molar refractivity (Wildman–Crippen MR) is 124 cm³/mol. The highest BCUT2D eigenvalue weighted by Crippen LogP contribution is 2.49. The van der Waals surface area contributed by atoms with Crippen molar-refractivity contribution in [3.8, 4) is 0 Å². The molecule has 0 saturated carbocycles. The number of pyridine rings is 1. The molecular weight excluding hydrogens is 424 g/mol. The van der Waals surface area contributed by atoms with Crippen LogP contribution in [0.25, 0.3) is 0 Å². The number of likely N-dealkylation sites (N-methyl/N-ethyl adjacent to an activating group) is 1. The molecule has 2 amide bonds. The van der Waals surface area contributed by atoms with Crippen LogP contribution in [0.4, 0.5) is 5.69 Å². The zero-order valence-corrected chi connectivity index (χ0v) is 18.5. The van der Waals surface area contributed by atoms with Gasteiger partial charge in [0.2, 0.25) is 5.91 Å². The van der Waals surface area contributed by atoms with Crippen LogP contribution in [0.2, 0.25) is 5.02 Å². The van der Waals surface area contributed by atoms with Crippen molar-refractivity contribution < 1.29 is 9.59 Å². The van der Waals surface area contributed by atoms with E-state index >= 15 is 0 Å². The summed E-state index contributed by atoms with van der Waals surface area (Å²) in [6.07, 6.45) is 3.45. The van der Waals surface area contributed by atoms with Gasteiger partial charge in [-0.15, -0.1) is 0 Å². The number of carbonyl (C=O) groups is 2. The summed E-state index contributed by atoms with van der Waals surface area (Å²) in [5, 5.41) is 0.611. The van der Waals surface area contributed by atoms with Gasteiger partial charge in [0.1, 0.15) is 0 Å². The zero-order chi connectivity index (χ0) is 22.3. The van der Waals surface area contributed by atoms with Gasteiger partial charge in [-0.05, 0) is 37.3 Å². The van der Waals surface area contributed by atoms with Crippen molar-refractivity contribution in [2.45, 2.75) is 12.6 Å². The molecule has 0 N–H and O–H groups in total. The van der Waals surface area contributed by atoms with Gasteiger partial charge in [0.25, 0.3) is 5.91 Å². The summed E-state index contributed by atoms with van der Waals surface area (Å²) in [5.74, 6) is -0.0852. The Bertz CT molecular complexity index is 1170. The maximum atomic E-state index is 13.8. The molecule has 2 aliphatic rings. The standard InChI is InChI=1S/C25H23ClN4O2/c1-2-28(20-11-13-27-14-12-20)17-23(31)29-15-16-30-24(32)21-5-3-4-6-22(21)25(29,30)18-7-9-19(26)10-8-18/h3-14H,2,15-17H2,1H3. The van der Waals surface area contributed by atoms with Crippen LogP contribution in [0.15, 0.2) is 73.1 Å². The molecule has 3 heterocycles. The topological polar surface area (TPSA) is 56.8 Å². The van der Waals surface area contributed by atoms with E-state index in [4.69, 9.17) is 11.6 Å². The van der Waals surface area contributed by atoms with E-state index in [0.29, 0.717) is 30.2 Å². The number of hydrogen-bond donors (Lipinski definition) is 0. The van der Waals surface area contributed by atoms with Gasteiger partial charge in [0, 0.05) is 59.4 Å². The lowest BCUT2D eigenvalue weighted by Gasteiger charge is -2.41. The summed E-state index contributed by atoms with van der Waals surface area (Å²) >= 11 is 6.17. The van der Waals surface area contributed by atoms with Crippen LogP contribution in [0.1, 0.15) is 28.4 Å². The van der Waals surface area contributed by atoms with Crippen LogP contribution in [-0.2, 0) is 10.5 Å². The minimum absolute atomic E-state index is 0.0365. The van der Waals surface area contributed by atoms with Gasteiger partial charge in [-0.1, -0.05) is 41.9 Å². The van der Waals surface area contributed by atoms with Crippen molar-refractivity contribution in [3.05, 3.63) is 94.8 Å². The summed E-state index contributed by atoms with van der Waals surface area (Å²) in [6, 6.07) is 18.8. The summed E-state index contributed by atoms with van der Waals surface area (Å²) in [5.41, 5.74) is 2.31. The molecule has 7 heteroatoms. The lowest BCUT2D eigenvalue weighted by molar-refractivity contribution is -0.135. The summed E-state index contributed by atoms with van der Waals surface area (Å²) in [7, 11) is 0. The second-order valence-corrected chi connectivity index (χ2v) is 8.38. The molecule has 0 aliphatic carbocycles. The van der Waals surface area contributed by atoms with Crippen molar-refractivity contribution in [1.29, 1.82) is 0 Å². The van der Waals surface area contributed by atoms with Crippen LogP contribution in [0.5, 0.6) is 0 Å². The van der Waals surface area contributed by atoms with Crippen molar-refractivity contribution in [3.63, 3.8) is 0 Å². The van der Waals surface area contributed by atoms with Gasteiger partial charge in [-0.25, -0.2) is 0 Å². The number of anilines is 1. The third-order valence-electron chi connectivity index (χ3n) is 6.39. The molecule has 2 aromatic carbocycles. The smallest absolute Gasteiger partial charge is 0.256 e. The maximum absolute atomic E-state index is 13.8. The first-order chi connectivity index (χ1) is 15.6. The monoisotopic (exact) mass is 446 g/mol. The third-order valence-corrected chi connectivity index (χ3v) is 6.64. The molecular formula is C25H23ClN4O2. The van der Waals surface area contributed by atoms with E-state index in [9.17, 15) is 9.59 Å². The third kappa shape index (κ3) is 2.98. The van der Waals surface area contributed by atoms with Gasteiger partial charge in [0.15, 0.2) is 5.66 Å². The van der Waals surface area contributed by atoms with Crippen LogP contribution in [0, 0.1) is 0 Å². The number of benzene rings is 2. The first-order valence-electron chi connectivity index (χ1n) is 10.7. The van der Waals surface area contributed by atoms with Crippen molar-refractivity contribution in [1.82, 2.24) is 14.8 Å². The molecule has 1 fully saturated rings. The van der Waals surface area contributed by atoms with E-state index in [1.807, 2.05) is 82.3 Å². The molecule has 32 heavy (non-hydrogen) atoms. The highest BCUT2D eigenvalue weighted by molar-refractivity contribution is 6.30. The Balaban J connectivity index is 1.60. The fraction of sp³-hybridized carbons (Fsp3) is 0.240. The van der Waals surface area contributed by atoms with E-state index in [0.717, 1.165) is 16.8 Å². The Kier molecular flexibility index (Phi) is 5.10. The fourth-order valence-corrected chi connectivity index (χ4v) is 5.10. The van der Waals surface area contributed by atoms with E-state index in [2.05, 4.69) is 4.98 Å². The predicted octanol–water partition coefficient (Wildman–Crippen LogP) is 3.76. The molecule has 1 aromatic heterocycles. The molecule has 6 nitrogen and oxygen atoms in total. The number of aromatic nitrogens is 1. The molecule has 0 bridgehead atoms. The Morgan fingerprint density at radius 1 is 1.06 bits per heavy atom. The number of rotatable bonds is 5. The summed E-state index contributed by atoms with van der Waals surface area (Å²) in [4.78, 5) is 36.9. The van der Waals surface area contributed by atoms with E-state index in [1.54, 1.807) is 12.4 Å². The molecule has 1 atom stereocenters. The SMILES string of the molecule is CCN(CC(=O)N1CCN2C(=O)c3ccccc3C12c1ccc(Cl)cc1)c1ccncc1. The number of carbonyl (C=O) groups excluding carboxylic acids is 2. The number of amides is 2. The highest BCUT2D eigenvalue weighted by atomic mass is 35.5. The lowest BCUT2D eigenvalue weighted by atomic mass is 9.90. The normalized spacial score (nSPS) is 19.1. The summed E-state index contributed by atoms with van der Waals surface area (Å²) < 4.78 is 0. The van der Waals surface area contributed by atoms with E-state index < -0.39 is 5.66 Å². The Morgan fingerprint density at radius 3 is 2.50 bits per heavy atom. The fourth-order valence-electron chi connectivity index (χ4n) is 4.97. The molecule has 3 aromatic rings.